The standard InChI is InChI=1S/C9H13N5O2S2/c1-7-11-5-9(17-7)18(15,16)13-2-3-14-6-8(10)4-12-14/h4-6,13H,2-3,10H2,1H3. The van der Waals surface area contributed by atoms with Gasteiger partial charge in [-0.25, -0.2) is 18.1 Å². The molecule has 2 heterocycles. The molecule has 3 N–H and O–H groups in total. The lowest BCUT2D eigenvalue weighted by Crippen LogP contribution is -2.27. The molecule has 2 aromatic rings. The summed E-state index contributed by atoms with van der Waals surface area (Å²) in [5, 5.41) is 4.68. The molecule has 0 spiro atoms. The molecule has 0 aliphatic rings. The third kappa shape index (κ3) is 3.06. The van der Waals surface area contributed by atoms with E-state index in [4.69, 9.17) is 5.73 Å². The maximum absolute atomic E-state index is 11.8. The molecule has 0 atom stereocenters. The lowest BCUT2D eigenvalue weighted by atomic mass is 10.6. The molecule has 0 amide bonds. The van der Waals surface area contributed by atoms with Crippen molar-refractivity contribution in [3.8, 4) is 0 Å². The molecule has 2 rings (SSSR count). The highest BCUT2D eigenvalue weighted by molar-refractivity contribution is 7.91. The third-order valence-electron chi connectivity index (χ3n) is 2.15. The summed E-state index contributed by atoms with van der Waals surface area (Å²) in [6.45, 7) is 2.44. The fourth-order valence-corrected chi connectivity index (χ4v) is 3.51. The average molecular weight is 287 g/mol. The van der Waals surface area contributed by atoms with Crippen molar-refractivity contribution in [1.29, 1.82) is 0 Å². The first-order chi connectivity index (χ1) is 8.47. The highest BCUT2D eigenvalue weighted by Gasteiger charge is 2.16. The minimum Gasteiger partial charge on any atom is -0.396 e. The lowest BCUT2D eigenvalue weighted by Gasteiger charge is -2.04. The Balaban J connectivity index is 1.93. The van der Waals surface area contributed by atoms with Crippen molar-refractivity contribution in [3.63, 3.8) is 0 Å². The van der Waals surface area contributed by atoms with Gasteiger partial charge in [0, 0.05) is 12.7 Å². The SMILES string of the molecule is Cc1ncc(S(=O)(=O)NCCn2cc(N)cn2)s1. The van der Waals surface area contributed by atoms with Gasteiger partial charge in [0.15, 0.2) is 4.21 Å². The van der Waals surface area contributed by atoms with Crippen molar-refractivity contribution in [2.75, 3.05) is 12.3 Å². The monoisotopic (exact) mass is 287 g/mol. The molecule has 7 nitrogen and oxygen atoms in total. The molecule has 0 saturated carbocycles. The minimum atomic E-state index is -3.47. The molecule has 98 valence electrons. The minimum absolute atomic E-state index is 0.222. The molecule has 0 unspecified atom stereocenters. The molecule has 9 heteroatoms. The van der Waals surface area contributed by atoms with Gasteiger partial charge < -0.3 is 5.73 Å². The first kappa shape index (κ1) is 13.0. The number of aryl methyl sites for hydroxylation is 1. The van der Waals surface area contributed by atoms with Crippen LogP contribution >= 0.6 is 11.3 Å². The zero-order chi connectivity index (χ0) is 13.2. The van der Waals surface area contributed by atoms with Gasteiger partial charge in [0.2, 0.25) is 0 Å². The molecule has 0 aliphatic heterocycles. The Hall–Kier alpha value is -1.45. The van der Waals surface area contributed by atoms with Crippen LogP contribution in [0.15, 0.2) is 22.8 Å². The molecular formula is C9H13N5O2S2. The molecule has 0 aliphatic carbocycles. The topological polar surface area (TPSA) is 103 Å². The number of aromatic nitrogens is 3. The number of hydrogen-bond donors (Lipinski definition) is 2. The van der Waals surface area contributed by atoms with Crippen molar-refractivity contribution in [2.45, 2.75) is 17.7 Å². The van der Waals surface area contributed by atoms with E-state index in [9.17, 15) is 8.42 Å². The van der Waals surface area contributed by atoms with Crippen molar-refractivity contribution in [1.82, 2.24) is 19.5 Å². The van der Waals surface area contributed by atoms with Crippen LogP contribution in [0.5, 0.6) is 0 Å². The van der Waals surface area contributed by atoms with Gasteiger partial charge in [0.25, 0.3) is 10.0 Å². The number of rotatable bonds is 5. The highest BCUT2D eigenvalue weighted by Crippen LogP contribution is 2.17. The van der Waals surface area contributed by atoms with Crippen molar-refractivity contribution in [2.24, 2.45) is 0 Å². The summed E-state index contributed by atoms with van der Waals surface area (Å²) in [5.41, 5.74) is 6.05. The zero-order valence-corrected chi connectivity index (χ0v) is 11.3. The maximum atomic E-state index is 11.8. The third-order valence-corrected chi connectivity index (χ3v) is 4.99. The number of nitrogens with zero attached hydrogens (tertiary/aromatic N) is 3. The summed E-state index contributed by atoms with van der Waals surface area (Å²) >= 11 is 1.14. The van der Waals surface area contributed by atoms with E-state index < -0.39 is 10.0 Å². The largest absolute Gasteiger partial charge is 0.396 e. The summed E-state index contributed by atoms with van der Waals surface area (Å²) in [5.74, 6) is 0. The molecule has 0 fully saturated rings. The van der Waals surface area contributed by atoms with Crippen LogP contribution in [-0.4, -0.2) is 29.7 Å². The van der Waals surface area contributed by atoms with Gasteiger partial charge in [-0.15, -0.1) is 11.3 Å². The van der Waals surface area contributed by atoms with E-state index in [1.807, 2.05) is 0 Å². The van der Waals surface area contributed by atoms with Crippen molar-refractivity contribution < 1.29 is 8.42 Å². The van der Waals surface area contributed by atoms with Gasteiger partial charge in [-0.3, -0.25) is 4.68 Å². The summed E-state index contributed by atoms with van der Waals surface area (Å²) in [6, 6.07) is 0. The highest BCUT2D eigenvalue weighted by atomic mass is 32.2. The smallest absolute Gasteiger partial charge is 0.251 e. The second-order valence-electron chi connectivity index (χ2n) is 3.63. The predicted octanol–water partition coefficient (Wildman–Crippen LogP) is 0.209. The zero-order valence-electron chi connectivity index (χ0n) is 9.70. The van der Waals surface area contributed by atoms with Crippen LogP contribution in [0.2, 0.25) is 0 Å². The van der Waals surface area contributed by atoms with Crippen LogP contribution in [0.1, 0.15) is 5.01 Å². The first-order valence-corrected chi connectivity index (χ1v) is 7.47. The molecule has 2 aromatic heterocycles. The molecular weight excluding hydrogens is 274 g/mol. The predicted molar refractivity (Wildman–Crippen MR) is 68.7 cm³/mol. The van der Waals surface area contributed by atoms with Crippen molar-refractivity contribution in [3.05, 3.63) is 23.6 Å². The molecule has 18 heavy (non-hydrogen) atoms. The van der Waals surface area contributed by atoms with Crippen molar-refractivity contribution >= 4 is 27.0 Å². The van der Waals surface area contributed by atoms with Crippen LogP contribution in [0.25, 0.3) is 0 Å². The van der Waals surface area contributed by atoms with E-state index in [1.54, 1.807) is 17.8 Å². The second-order valence-corrected chi connectivity index (χ2v) is 6.86. The van der Waals surface area contributed by atoms with E-state index in [0.717, 1.165) is 16.3 Å². The van der Waals surface area contributed by atoms with Crippen LogP contribution < -0.4 is 10.5 Å². The van der Waals surface area contributed by atoms with E-state index in [0.29, 0.717) is 12.2 Å². The van der Waals surface area contributed by atoms with Gasteiger partial charge in [0.1, 0.15) is 0 Å². The van der Waals surface area contributed by atoms with E-state index >= 15 is 0 Å². The molecule has 0 bridgehead atoms. The summed E-state index contributed by atoms with van der Waals surface area (Å²) in [7, 11) is -3.47. The van der Waals surface area contributed by atoms with Gasteiger partial charge in [-0.2, -0.15) is 5.10 Å². The summed E-state index contributed by atoms with van der Waals surface area (Å²) < 4.78 is 28.0. The number of nitrogen functional groups attached to an aromatic ring is 1. The fourth-order valence-electron chi connectivity index (χ4n) is 1.33. The number of thiazole rings is 1. The Morgan fingerprint density at radius 2 is 2.28 bits per heavy atom. The number of nitrogens with two attached hydrogens (primary N) is 1. The van der Waals surface area contributed by atoms with E-state index in [2.05, 4.69) is 14.8 Å². The lowest BCUT2D eigenvalue weighted by molar-refractivity contribution is 0.562. The Kier molecular flexibility index (Phi) is 3.64. The maximum Gasteiger partial charge on any atom is 0.251 e. The number of hydrogen-bond acceptors (Lipinski definition) is 6. The van der Waals surface area contributed by atoms with Crippen LogP contribution in [0.4, 0.5) is 5.69 Å². The summed E-state index contributed by atoms with van der Waals surface area (Å²) in [4.78, 5) is 3.92. The summed E-state index contributed by atoms with van der Waals surface area (Å²) in [6.07, 6.45) is 4.51. The second kappa shape index (κ2) is 5.04. The van der Waals surface area contributed by atoms with E-state index in [1.165, 1.54) is 12.4 Å². The van der Waals surface area contributed by atoms with Crippen LogP contribution in [0.3, 0.4) is 0 Å². The molecule has 0 radical (unpaired) electrons. The average Bonchev–Trinajstić information content (AvgIpc) is 2.88. The Labute approximate surface area is 109 Å². The van der Waals surface area contributed by atoms with Gasteiger partial charge >= 0.3 is 0 Å². The van der Waals surface area contributed by atoms with Crippen LogP contribution in [0, 0.1) is 6.92 Å². The van der Waals surface area contributed by atoms with Gasteiger partial charge in [0.05, 0.1) is 29.6 Å². The van der Waals surface area contributed by atoms with Gasteiger partial charge in [-0.05, 0) is 6.92 Å². The van der Waals surface area contributed by atoms with Gasteiger partial charge in [-0.1, -0.05) is 0 Å². The van der Waals surface area contributed by atoms with E-state index in [-0.39, 0.29) is 10.8 Å². The Morgan fingerprint density at radius 1 is 1.50 bits per heavy atom. The molecule has 0 saturated heterocycles. The number of sulfonamides is 1. The normalized spacial score (nSPS) is 11.8. The fraction of sp³-hybridized carbons (Fsp3) is 0.333. The number of anilines is 1. The van der Waals surface area contributed by atoms with Crippen LogP contribution in [-0.2, 0) is 16.6 Å². The quantitative estimate of drug-likeness (QED) is 0.818. The Bertz CT molecular complexity index is 631. The Morgan fingerprint density at radius 3 is 2.83 bits per heavy atom. The molecule has 0 aromatic carbocycles. The first-order valence-electron chi connectivity index (χ1n) is 5.17. The number of nitrogens with one attached hydrogen (secondary N) is 1.